The number of piperazine rings is 1. The molecule has 1 fully saturated rings. The van der Waals surface area contributed by atoms with Crippen molar-refractivity contribution in [3.05, 3.63) is 0 Å². The van der Waals surface area contributed by atoms with Crippen molar-refractivity contribution < 1.29 is 14.3 Å². The Balaban J connectivity index is 2.52. The third kappa shape index (κ3) is 2.78. The Labute approximate surface area is 83.4 Å². The fourth-order valence-corrected chi connectivity index (χ4v) is 1.53. The van der Waals surface area contributed by atoms with E-state index in [0.29, 0.717) is 26.2 Å². The molecule has 0 aliphatic carbocycles. The molecule has 0 aromatic heterocycles. The molecule has 1 aliphatic rings. The average Bonchev–Trinajstić information content (AvgIpc) is 2.19. The molecule has 5 heteroatoms. The monoisotopic (exact) mass is 200 g/mol. The van der Waals surface area contributed by atoms with Crippen molar-refractivity contribution in [1.29, 1.82) is 0 Å². The van der Waals surface area contributed by atoms with Crippen LogP contribution in [0, 0.1) is 0 Å². The maximum atomic E-state index is 11.5. The van der Waals surface area contributed by atoms with Gasteiger partial charge in [0.2, 0.25) is 0 Å². The van der Waals surface area contributed by atoms with E-state index in [1.54, 1.807) is 6.92 Å². The van der Waals surface area contributed by atoms with E-state index in [1.165, 1.54) is 0 Å². The van der Waals surface area contributed by atoms with Gasteiger partial charge in [0.05, 0.1) is 13.2 Å². The summed E-state index contributed by atoms with van der Waals surface area (Å²) in [6.45, 7) is 4.53. The SMILES string of the molecule is CCOC(=O)C1CNCCN1CC=O. The summed E-state index contributed by atoms with van der Waals surface area (Å²) >= 11 is 0. The van der Waals surface area contributed by atoms with Gasteiger partial charge in [-0.1, -0.05) is 0 Å². The van der Waals surface area contributed by atoms with Gasteiger partial charge in [-0.2, -0.15) is 0 Å². The number of hydrogen-bond acceptors (Lipinski definition) is 5. The van der Waals surface area contributed by atoms with Gasteiger partial charge < -0.3 is 14.8 Å². The van der Waals surface area contributed by atoms with Crippen molar-refractivity contribution in [1.82, 2.24) is 10.2 Å². The van der Waals surface area contributed by atoms with E-state index in [2.05, 4.69) is 5.32 Å². The summed E-state index contributed by atoms with van der Waals surface area (Å²) in [7, 11) is 0. The molecule has 0 amide bonds. The van der Waals surface area contributed by atoms with Crippen LogP contribution < -0.4 is 5.32 Å². The highest BCUT2D eigenvalue weighted by atomic mass is 16.5. The summed E-state index contributed by atoms with van der Waals surface area (Å²) < 4.78 is 4.92. The Hall–Kier alpha value is -0.940. The van der Waals surface area contributed by atoms with Gasteiger partial charge in [-0.3, -0.25) is 9.69 Å². The molecule has 1 rings (SSSR count). The number of aldehydes is 1. The second kappa shape index (κ2) is 5.72. The average molecular weight is 200 g/mol. The number of carbonyl (C=O) groups is 2. The highest BCUT2D eigenvalue weighted by molar-refractivity contribution is 5.76. The summed E-state index contributed by atoms with van der Waals surface area (Å²) in [4.78, 5) is 23.7. The maximum absolute atomic E-state index is 11.5. The molecule has 1 heterocycles. The molecule has 0 aromatic carbocycles. The smallest absolute Gasteiger partial charge is 0.324 e. The van der Waals surface area contributed by atoms with Crippen LogP contribution in [0.15, 0.2) is 0 Å². The Bertz CT molecular complexity index is 208. The second-order valence-corrected chi connectivity index (χ2v) is 3.13. The largest absolute Gasteiger partial charge is 0.465 e. The van der Waals surface area contributed by atoms with Crippen LogP contribution in [-0.4, -0.2) is 56.0 Å². The molecule has 1 N–H and O–H groups in total. The fourth-order valence-electron chi connectivity index (χ4n) is 1.53. The molecule has 0 radical (unpaired) electrons. The van der Waals surface area contributed by atoms with Gasteiger partial charge in [0.1, 0.15) is 12.3 Å². The van der Waals surface area contributed by atoms with Crippen LogP contribution in [0.4, 0.5) is 0 Å². The lowest BCUT2D eigenvalue weighted by molar-refractivity contribution is -0.150. The van der Waals surface area contributed by atoms with Gasteiger partial charge in [0.15, 0.2) is 0 Å². The number of nitrogens with one attached hydrogen (secondary N) is 1. The first kappa shape index (κ1) is 11.1. The first-order valence-corrected chi connectivity index (χ1v) is 4.84. The third-order valence-corrected chi connectivity index (χ3v) is 2.22. The fraction of sp³-hybridized carbons (Fsp3) is 0.778. The lowest BCUT2D eigenvalue weighted by Crippen LogP contribution is -2.55. The first-order valence-electron chi connectivity index (χ1n) is 4.84. The summed E-state index contributed by atoms with van der Waals surface area (Å²) in [5, 5.41) is 3.10. The van der Waals surface area contributed by atoms with Crippen molar-refractivity contribution >= 4 is 12.3 Å². The molecule has 14 heavy (non-hydrogen) atoms. The molecular weight excluding hydrogens is 184 g/mol. The Morgan fingerprint density at radius 1 is 1.71 bits per heavy atom. The Morgan fingerprint density at radius 3 is 3.14 bits per heavy atom. The zero-order chi connectivity index (χ0) is 10.4. The van der Waals surface area contributed by atoms with Crippen LogP contribution in [0.5, 0.6) is 0 Å². The zero-order valence-corrected chi connectivity index (χ0v) is 8.36. The highest BCUT2D eigenvalue weighted by Gasteiger charge is 2.28. The quantitative estimate of drug-likeness (QED) is 0.467. The summed E-state index contributed by atoms with van der Waals surface area (Å²) in [5.41, 5.74) is 0. The molecule has 1 unspecified atom stereocenters. The standard InChI is InChI=1S/C9H16N2O3/c1-2-14-9(13)8-7-10-3-4-11(8)5-6-12/h6,8,10H,2-5,7H2,1H3. The van der Waals surface area contributed by atoms with E-state index in [1.807, 2.05) is 4.90 Å². The Kier molecular flexibility index (Phi) is 4.55. The molecule has 5 nitrogen and oxygen atoms in total. The molecule has 1 aliphatic heterocycles. The predicted molar refractivity (Wildman–Crippen MR) is 50.9 cm³/mol. The van der Waals surface area contributed by atoms with E-state index in [-0.39, 0.29) is 12.0 Å². The number of nitrogens with zero attached hydrogens (tertiary/aromatic N) is 1. The number of ether oxygens (including phenoxy) is 1. The molecule has 0 aromatic rings. The predicted octanol–water partition coefficient (Wildman–Crippen LogP) is -0.978. The van der Waals surface area contributed by atoms with Gasteiger partial charge in [0, 0.05) is 19.6 Å². The van der Waals surface area contributed by atoms with Crippen molar-refractivity contribution in [2.24, 2.45) is 0 Å². The topological polar surface area (TPSA) is 58.6 Å². The van der Waals surface area contributed by atoms with Crippen LogP contribution >= 0.6 is 0 Å². The van der Waals surface area contributed by atoms with E-state index in [4.69, 9.17) is 4.74 Å². The van der Waals surface area contributed by atoms with Gasteiger partial charge in [-0.15, -0.1) is 0 Å². The van der Waals surface area contributed by atoms with Crippen LogP contribution in [0.2, 0.25) is 0 Å². The maximum Gasteiger partial charge on any atom is 0.324 e. The van der Waals surface area contributed by atoms with Crippen molar-refractivity contribution in [2.45, 2.75) is 13.0 Å². The summed E-state index contributed by atoms with van der Waals surface area (Å²) in [6, 6.07) is -0.311. The lowest BCUT2D eigenvalue weighted by atomic mass is 10.2. The number of carbonyl (C=O) groups excluding carboxylic acids is 2. The molecule has 0 saturated carbocycles. The van der Waals surface area contributed by atoms with E-state index in [0.717, 1.165) is 12.8 Å². The minimum Gasteiger partial charge on any atom is -0.465 e. The van der Waals surface area contributed by atoms with Crippen LogP contribution in [0.1, 0.15) is 6.92 Å². The normalized spacial score (nSPS) is 23.1. The van der Waals surface area contributed by atoms with Crippen molar-refractivity contribution in [3.63, 3.8) is 0 Å². The van der Waals surface area contributed by atoms with Crippen LogP contribution in [0.25, 0.3) is 0 Å². The van der Waals surface area contributed by atoms with Gasteiger partial charge >= 0.3 is 5.97 Å². The van der Waals surface area contributed by atoms with E-state index >= 15 is 0 Å². The highest BCUT2D eigenvalue weighted by Crippen LogP contribution is 2.04. The molecule has 80 valence electrons. The molecule has 1 saturated heterocycles. The minimum absolute atomic E-state index is 0.249. The van der Waals surface area contributed by atoms with Gasteiger partial charge in [-0.25, -0.2) is 0 Å². The molecular formula is C9H16N2O3. The Morgan fingerprint density at radius 2 is 2.50 bits per heavy atom. The lowest BCUT2D eigenvalue weighted by Gasteiger charge is -2.32. The molecule has 0 bridgehead atoms. The number of esters is 1. The number of hydrogen-bond donors (Lipinski definition) is 1. The molecule has 0 spiro atoms. The van der Waals surface area contributed by atoms with Crippen molar-refractivity contribution in [3.8, 4) is 0 Å². The van der Waals surface area contributed by atoms with Crippen molar-refractivity contribution in [2.75, 3.05) is 32.8 Å². The summed E-state index contributed by atoms with van der Waals surface area (Å²) in [5.74, 6) is -0.249. The van der Waals surface area contributed by atoms with Crippen LogP contribution in [-0.2, 0) is 14.3 Å². The number of rotatable bonds is 4. The third-order valence-electron chi connectivity index (χ3n) is 2.22. The van der Waals surface area contributed by atoms with Gasteiger partial charge in [0.25, 0.3) is 0 Å². The van der Waals surface area contributed by atoms with Gasteiger partial charge in [-0.05, 0) is 6.92 Å². The minimum atomic E-state index is -0.311. The first-order chi connectivity index (χ1) is 6.79. The van der Waals surface area contributed by atoms with Crippen LogP contribution in [0.3, 0.4) is 0 Å². The van der Waals surface area contributed by atoms with E-state index in [9.17, 15) is 9.59 Å². The zero-order valence-electron chi connectivity index (χ0n) is 8.36. The summed E-state index contributed by atoms with van der Waals surface area (Å²) in [6.07, 6.45) is 0.817. The van der Waals surface area contributed by atoms with E-state index < -0.39 is 0 Å². The molecule has 1 atom stereocenters. The second-order valence-electron chi connectivity index (χ2n) is 3.13.